The summed E-state index contributed by atoms with van der Waals surface area (Å²) in [6.45, 7) is 1.85. The number of carbonyl (C=O) groups is 1. The maximum Gasteiger partial charge on any atom is 0.329 e. The van der Waals surface area contributed by atoms with Crippen LogP contribution in [0.1, 0.15) is 39.0 Å². The molecule has 144 valence electrons. The minimum atomic E-state index is -0.651. The van der Waals surface area contributed by atoms with Crippen molar-refractivity contribution in [2.75, 3.05) is 12.0 Å². The van der Waals surface area contributed by atoms with Gasteiger partial charge in [0.2, 0.25) is 11.8 Å². The Morgan fingerprint density at radius 3 is 2.78 bits per heavy atom. The van der Waals surface area contributed by atoms with Crippen molar-refractivity contribution in [1.29, 1.82) is 0 Å². The van der Waals surface area contributed by atoms with Crippen molar-refractivity contribution in [3.8, 4) is 5.95 Å². The molecule has 27 heavy (non-hydrogen) atoms. The van der Waals surface area contributed by atoms with Gasteiger partial charge in [-0.25, -0.2) is 14.8 Å². The lowest BCUT2D eigenvalue weighted by atomic mass is 10.1. The highest BCUT2D eigenvalue weighted by molar-refractivity contribution is 5.81. The molecule has 2 aromatic rings. The van der Waals surface area contributed by atoms with Crippen molar-refractivity contribution in [3.05, 3.63) is 35.0 Å². The van der Waals surface area contributed by atoms with Gasteiger partial charge in [-0.1, -0.05) is 19.8 Å². The average Bonchev–Trinajstić information content (AvgIpc) is 3.38. The number of hydrogen-bond acceptors (Lipinski definition) is 8. The number of hydrogen-bond donors (Lipinski definition) is 0. The lowest BCUT2D eigenvalue weighted by Gasteiger charge is -2.35. The fourth-order valence-corrected chi connectivity index (χ4v) is 3.55. The molecule has 2 aromatic heterocycles. The second-order valence-electron chi connectivity index (χ2n) is 6.40. The third-order valence-corrected chi connectivity index (χ3v) is 4.83. The normalized spacial score (nSPS) is 15.5. The molecule has 0 aliphatic heterocycles. The van der Waals surface area contributed by atoms with E-state index < -0.39 is 16.9 Å². The quantitative estimate of drug-likeness (QED) is 0.412. The molecule has 0 amide bonds. The Hall–Kier alpha value is -3.04. The molecule has 0 aromatic carbocycles. The molecule has 0 bridgehead atoms. The summed E-state index contributed by atoms with van der Waals surface area (Å²) in [5.74, 6) is -0.0276. The molecule has 10 heteroatoms. The second-order valence-corrected chi connectivity index (χ2v) is 6.40. The zero-order valence-corrected chi connectivity index (χ0v) is 15.3. The van der Waals surface area contributed by atoms with Gasteiger partial charge in [0.25, 0.3) is 0 Å². The minimum Gasteiger partial charge on any atom is -0.467 e. The highest BCUT2D eigenvalue weighted by atomic mass is 16.6. The Balaban J connectivity index is 2.15. The molecule has 0 radical (unpaired) electrons. The predicted molar refractivity (Wildman–Crippen MR) is 96.6 cm³/mol. The standard InChI is InChI=1S/C17H22N6O4/c1-3-13(16(24)27-2)22(12-6-4-5-7-12)15-14(23(25)26)10-19-17(20-15)21-9-8-18-11-21/h8-13H,3-7H2,1-2H3/t13-/m1/s1. The van der Waals surface area contributed by atoms with Crippen LogP contribution in [-0.2, 0) is 9.53 Å². The molecule has 1 aliphatic rings. The van der Waals surface area contributed by atoms with Crippen LogP contribution < -0.4 is 4.90 Å². The summed E-state index contributed by atoms with van der Waals surface area (Å²) < 4.78 is 6.53. The van der Waals surface area contributed by atoms with Gasteiger partial charge in [0, 0.05) is 18.4 Å². The van der Waals surface area contributed by atoms with Gasteiger partial charge in [-0.3, -0.25) is 14.7 Å². The molecule has 1 atom stereocenters. The maximum atomic E-state index is 12.4. The van der Waals surface area contributed by atoms with Crippen LogP contribution in [0.3, 0.4) is 0 Å². The Morgan fingerprint density at radius 1 is 1.48 bits per heavy atom. The smallest absolute Gasteiger partial charge is 0.329 e. The van der Waals surface area contributed by atoms with E-state index in [1.165, 1.54) is 19.6 Å². The Kier molecular flexibility index (Phi) is 5.63. The lowest BCUT2D eigenvalue weighted by molar-refractivity contribution is -0.384. The fraction of sp³-hybridized carbons (Fsp3) is 0.529. The van der Waals surface area contributed by atoms with E-state index in [9.17, 15) is 14.9 Å². The molecule has 10 nitrogen and oxygen atoms in total. The monoisotopic (exact) mass is 374 g/mol. The van der Waals surface area contributed by atoms with Crippen molar-refractivity contribution < 1.29 is 14.5 Å². The van der Waals surface area contributed by atoms with Crippen LogP contribution in [0, 0.1) is 10.1 Å². The maximum absolute atomic E-state index is 12.4. The van der Waals surface area contributed by atoms with Crippen LogP contribution >= 0.6 is 0 Å². The van der Waals surface area contributed by atoms with Crippen LogP contribution in [-0.4, -0.2) is 49.6 Å². The first-order valence-corrected chi connectivity index (χ1v) is 8.92. The first-order valence-electron chi connectivity index (χ1n) is 8.92. The Bertz CT molecular complexity index is 804. The van der Waals surface area contributed by atoms with E-state index in [-0.39, 0.29) is 23.5 Å². The minimum absolute atomic E-state index is 0.0155. The molecule has 0 unspecified atom stereocenters. The van der Waals surface area contributed by atoms with Gasteiger partial charge in [0.05, 0.1) is 12.0 Å². The van der Waals surface area contributed by atoms with E-state index in [2.05, 4.69) is 15.0 Å². The molecule has 1 fully saturated rings. The molecule has 0 N–H and O–H groups in total. The lowest BCUT2D eigenvalue weighted by Crippen LogP contribution is -2.47. The third-order valence-electron chi connectivity index (χ3n) is 4.83. The van der Waals surface area contributed by atoms with Crippen molar-refractivity contribution in [3.63, 3.8) is 0 Å². The number of esters is 1. The number of methoxy groups -OCH3 is 1. The van der Waals surface area contributed by atoms with Gasteiger partial charge in [-0.05, 0) is 19.3 Å². The SMILES string of the molecule is CC[C@H](C(=O)OC)N(c1nc(-n2ccnc2)ncc1[N+](=O)[O-])C1CCCC1. The van der Waals surface area contributed by atoms with Crippen LogP contribution in [0.5, 0.6) is 0 Å². The average molecular weight is 374 g/mol. The highest BCUT2D eigenvalue weighted by Crippen LogP contribution is 2.35. The van der Waals surface area contributed by atoms with Crippen molar-refractivity contribution in [2.45, 2.75) is 51.1 Å². The molecule has 1 aliphatic carbocycles. The van der Waals surface area contributed by atoms with E-state index in [0.717, 1.165) is 25.7 Å². The Morgan fingerprint density at radius 2 is 2.22 bits per heavy atom. The number of rotatable bonds is 7. The first kappa shape index (κ1) is 18.7. The van der Waals surface area contributed by atoms with Crippen LogP contribution in [0.15, 0.2) is 24.9 Å². The summed E-state index contributed by atoms with van der Waals surface area (Å²) in [4.78, 5) is 37.8. The second kappa shape index (κ2) is 8.11. The van der Waals surface area contributed by atoms with Gasteiger partial charge in [0.15, 0.2) is 0 Å². The topological polar surface area (TPSA) is 116 Å². The van der Waals surface area contributed by atoms with E-state index in [1.54, 1.807) is 21.9 Å². The molecular weight excluding hydrogens is 352 g/mol. The number of imidazole rings is 1. The van der Waals surface area contributed by atoms with Gasteiger partial charge >= 0.3 is 11.7 Å². The summed E-state index contributed by atoms with van der Waals surface area (Å²) in [5.41, 5.74) is -0.229. The van der Waals surface area contributed by atoms with E-state index in [0.29, 0.717) is 6.42 Å². The number of ether oxygens (including phenoxy) is 1. The molecule has 2 heterocycles. The van der Waals surface area contributed by atoms with Crippen molar-refractivity contribution in [1.82, 2.24) is 19.5 Å². The van der Waals surface area contributed by atoms with Gasteiger partial charge in [0.1, 0.15) is 18.6 Å². The summed E-state index contributed by atoms with van der Waals surface area (Å²) in [5, 5.41) is 11.7. The number of nitrogens with zero attached hydrogens (tertiary/aromatic N) is 6. The molecule has 0 saturated heterocycles. The van der Waals surface area contributed by atoms with Gasteiger partial charge < -0.3 is 9.64 Å². The number of aromatic nitrogens is 4. The molecule has 1 saturated carbocycles. The summed E-state index contributed by atoms with van der Waals surface area (Å²) in [6.07, 6.45) is 10.1. The predicted octanol–water partition coefficient (Wildman–Crippen LogP) is 2.27. The van der Waals surface area contributed by atoms with Crippen molar-refractivity contribution >= 4 is 17.5 Å². The highest BCUT2D eigenvalue weighted by Gasteiger charge is 2.38. The zero-order valence-electron chi connectivity index (χ0n) is 15.3. The first-order chi connectivity index (χ1) is 13.1. The van der Waals surface area contributed by atoms with E-state index in [4.69, 9.17) is 4.74 Å². The van der Waals surface area contributed by atoms with Gasteiger partial charge in [-0.15, -0.1) is 0 Å². The molecule has 3 rings (SSSR count). The zero-order chi connectivity index (χ0) is 19.4. The van der Waals surface area contributed by atoms with E-state index >= 15 is 0 Å². The summed E-state index contributed by atoms with van der Waals surface area (Å²) >= 11 is 0. The summed E-state index contributed by atoms with van der Waals surface area (Å²) in [7, 11) is 1.32. The van der Waals surface area contributed by atoms with Gasteiger partial charge in [-0.2, -0.15) is 4.98 Å². The number of carbonyl (C=O) groups excluding carboxylic acids is 1. The van der Waals surface area contributed by atoms with Crippen LogP contribution in [0.25, 0.3) is 5.95 Å². The number of nitro groups is 1. The summed E-state index contributed by atoms with van der Waals surface area (Å²) in [6, 6.07) is -0.666. The van der Waals surface area contributed by atoms with Crippen LogP contribution in [0.4, 0.5) is 11.5 Å². The molecular formula is C17H22N6O4. The fourth-order valence-electron chi connectivity index (χ4n) is 3.55. The van der Waals surface area contributed by atoms with E-state index in [1.807, 2.05) is 6.92 Å². The van der Waals surface area contributed by atoms with Crippen LogP contribution in [0.2, 0.25) is 0 Å². The largest absolute Gasteiger partial charge is 0.467 e. The number of anilines is 1. The third kappa shape index (κ3) is 3.74. The van der Waals surface area contributed by atoms with Crippen molar-refractivity contribution in [2.24, 2.45) is 0 Å². The Labute approximate surface area is 156 Å². The molecule has 0 spiro atoms.